The summed E-state index contributed by atoms with van der Waals surface area (Å²) < 4.78 is 77.7. The number of methoxy groups -OCH3 is 1. The Labute approximate surface area is 186 Å². The van der Waals surface area contributed by atoms with E-state index in [0.717, 1.165) is 30.7 Å². The Morgan fingerprint density at radius 2 is 1.94 bits per heavy atom. The van der Waals surface area contributed by atoms with Gasteiger partial charge < -0.3 is 14.8 Å². The van der Waals surface area contributed by atoms with Gasteiger partial charge in [0.1, 0.15) is 11.9 Å². The largest absolute Gasteiger partial charge is 0.489 e. The van der Waals surface area contributed by atoms with Crippen LogP contribution in [0.4, 0.5) is 13.2 Å². The first kappa shape index (κ1) is 24.5. The minimum atomic E-state index is -4.43. The normalized spacial score (nSPS) is 17.9. The number of hydrogen-bond acceptors (Lipinski definition) is 5. The zero-order valence-corrected chi connectivity index (χ0v) is 18.5. The number of sulfonamides is 1. The van der Waals surface area contributed by atoms with E-state index in [1.165, 1.54) is 18.2 Å². The van der Waals surface area contributed by atoms with Crippen LogP contribution in [0.2, 0.25) is 0 Å². The minimum Gasteiger partial charge on any atom is -0.489 e. The van der Waals surface area contributed by atoms with Gasteiger partial charge in [-0.15, -0.1) is 0 Å². The molecule has 0 aliphatic carbocycles. The molecule has 1 heterocycles. The van der Waals surface area contributed by atoms with Crippen molar-refractivity contribution < 1.29 is 31.1 Å². The average molecular weight is 473 g/mol. The molecule has 10 heteroatoms. The lowest BCUT2D eigenvalue weighted by atomic mass is 10.0. The van der Waals surface area contributed by atoms with Gasteiger partial charge in [0.05, 0.1) is 17.1 Å². The van der Waals surface area contributed by atoms with Gasteiger partial charge in [-0.2, -0.15) is 13.2 Å². The Balaban J connectivity index is 1.70. The average Bonchev–Trinajstić information content (AvgIpc) is 3.30. The molecule has 1 aliphatic heterocycles. The molecule has 32 heavy (non-hydrogen) atoms. The fourth-order valence-corrected chi connectivity index (χ4v) is 4.67. The van der Waals surface area contributed by atoms with Gasteiger partial charge in [0.15, 0.2) is 0 Å². The molecule has 2 aromatic rings. The third-order valence-electron chi connectivity index (χ3n) is 5.37. The number of nitrogens with one attached hydrogen (secondary N) is 2. The van der Waals surface area contributed by atoms with Crippen molar-refractivity contribution in [1.82, 2.24) is 10.0 Å². The number of hydrogen-bond donors (Lipinski definition) is 2. The van der Waals surface area contributed by atoms with E-state index in [1.807, 2.05) is 6.07 Å². The van der Waals surface area contributed by atoms with E-state index < -0.39 is 27.9 Å². The highest BCUT2D eigenvalue weighted by Gasteiger charge is 2.31. The molecule has 1 unspecified atom stereocenters. The minimum absolute atomic E-state index is 0.00198. The molecule has 2 aromatic carbocycles. The number of benzene rings is 2. The fourth-order valence-electron chi connectivity index (χ4n) is 3.56. The third kappa shape index (κ3) is 6.68. The van der Waals surface area contributed by atoms with Crippen LogP contribution in [0.3, 0.4) is 0 Å². The summed E-state index contributed by atoms with van der Waals surface area (Å²) in [6.45, 7) is 1.89. The van der Waals surface area contributed by atoms with Gasteiger partial charge in [0.2, 0.25) is 10.0 Å². The van der Waals surface area contributed by atoms with Gasteiger partial charge in [-0.1, -0.05) is 12.1 Å². The van der Waals surface area contributed by atoms with Crippen molar-refractivity contribution in [3.8, 4) is 5.75 Å². The highest BCUT2D eigenvalue weighted by atomic mass is 32.2. The number of halogens is 3. The quantitative estimate of drug-likeness (QED) is 0.555. The zero-order chi connectivity index (χ0) is 23.2. The molecule has 1 aliphatic rings. The van der Waals surface area contributed by atoms with Crippen molar-refractivity contribution in [3.05, 3.63) is 59.7 Å². The molecule has 0 radical (unpaired) electrons. The van der Waals surface area contributed by atoms with Crippen molar-refractivity contribution in [2.24, 2.45) is 5.92 Å². The summed E-state index contributed by atoms with van der Waals surface area (Å²) in [5, 5.41) is 3.21. The first-order valence-electron chi connectivity index (χ1n) is 10.3. The van der Waals surface area contributed by atoms with Crippen LogP contribution in [0.5, 0.6) is 5.75 Å². The van der Waals surface area contributed by atoms with E-state index in [0.29, 0.717) is 19.6 Å². The first-order valence-corrected chi connectivity index (χ1v) is 11.8. The topological polar surface area (TPSA) is 76.7 Å². The Hall–Kier alpha value is -2.14. The lowest BCUT2D eigenvalue weighted by molar-refractivity contribution is -0.137. The Bertz CT molecular complexity index is 975. The summed E-state index contributed by atoms with van der Waals surface area (Å²) in [6, 6.07) is 11.0. The maximum atomic E-state index is 12.8. The number of alkyl halides is 3. The second kappa shape index (κ2) is 10.7. The monoisotopic (exact) mass is 472 g/mol. The molecule has 176 valence electrons. The second-order valence-corrected chi connectivity index (χ2v) is 9.44. The number of rotatable bonds is 10. The van der Waals surface area contributed by atoms with Gasteiger partial charge >= 0.3 is 6.18 Å². The SMILES string of the molecule is COCCc1cccc(S(=O)(=O)NC[C@H](Oc2ccc(C(F)(F)F)cc2)C2CCNC2)c1. The van der Waals surface area contributed by atoms with Gasteiger partial charge in [0, 0.05) is 26.1 Å². The molecule has 0 saturated carbocycles. The molecule has 1 saturated heterocycles. The second-order valence-electron chi connectivity index (χ2n) is 7.67. The molecule has 0 amide bonds. The Morgan fingerprint density at radius 1 is 1.19 bits per heavy atom. The van der Waals surface area contributed by atoms with Crippen molar-refractivity contribution >= 4 is 10.0 Å². The van der Waals surface area contributed by atoms with Crippen LogP contribution in [-0.2, 0) is 27.4 Å². The standard InChI is InChI=1S/C22H27F3N2O4S/c1-30-12-10-16-3-2-4-20(13-16)32(28,29)27-15-21(17-9-11-26-14-17)31-19-7-5-18(6-8-19)22(23,24)25/h2-8,13,17,21,26-27H,9-12,14-15H2,1H3/t17?,21-/m0/s1. The third-order valence-corrected chi connectivity index (χ3v) is 6.79. The molecule has 6 nitrogen and oxygen atoms in total. The van der Waals surface area contributed by atoms with Crippen molar-refractivity contribution in [1.29, 1.82) is 0 Å². The van der Waals surface area contributed by atoms with Gasteiger partial charge in [-0.3, -0.25) is 0 Å². The molecule has 2 N–H and O–H groups in total. The molecule has 1 fully saturated rings. The van der Waals surface area contributed by atoms with E-state index in [1.54, 1.807) is 19.2 Å². The summed E-state index contributed by atoms with van der Waals surface area (Å²) in [6.07, 6.45) is -3.60. The maximum absolute atomic E-state index is 12.8. The predicted molar refractivity (Wildman–Crippen MR) is 114 cm³/mol. The van der Waals surface area contributed by atoms with Crippen LogP contribution in [-0.4, -0.2) is 47.9 Å². The van der Waals surface area contributed by atoms with Gasteiger partial charge in [-0.25, -0.2) is 13.1 Å². The summed E-state index contributed by atoms with van der Waals surface area (Å²) >= 11 is 0. The molecule has 0 bridgehead atoms. The van der Waals surface area contributed by atoms with Gasteiger partial charge in [0.25, 0.3) is 0 Å². The van der Waals surface area contributed by atoms with Gasteiger partial charge in [-0.05, 0) is 61.3 Å². The van der Waals surface area contributed by atoms with Crippen molar-refractivity contribution in [2.75, 3.05) is 33.4 Å². The summed E-state index contributed by atoms with van der Waals surface area (Å²) in [5.74, 6) is 0.281. The molecular weight excluding hydrogens is 445 g/mol. The highest BCUT2D eigenvalue weighted by Crippen LogP contribution is 2.31. The maximum Gasteiger partial charge on any atom is 0.416 e. The van der Waals surface area contributed by atoms with Crippen molar-refractivity contribution in [2.45, 2.75) is 30.0 Å². The highest BCUT2D eigenvalue weighted by molar-refractivity contribution is 7.89. The summed E-state index contributed by atoms with van der Waals surface area (Å²) in [7, 11) is -2.21. The van der Waals surface area contributed by atoms with Crippen LogP contribution in [0.1, 0.15) is 17.5 Å². The molecule has 2 atom stereocenters. The zero-order valence-electron chi connectivity index (χ0n) is 17.7. The van der Waals surface area contributed by atoms with Crippen LogP contribution in [0.25, 0.3) is 0 Å². The van der Waals surface area contributed by atoms with E-state index >= 15 is 0 Å². The lowest BCUT2D eigenvalue weighted by Crippen LogP contribution is -2.40. The van der Waals surface area contributed by atoms with E-state index in [9.17, 15) is 21.6 Å². The first-order chi connectivity index (χ1) is 15.2. The molecular formula is C22H27F3N2O4S. The van der Waals surface area contributed by atoms with Crippen LogP contribution in [0.15, 0.2) is 53.4 Å². The molecule has 0 aromatic heterocycles. The van der Waals surface area contributed by atoms with E-state index in [2.05, 4.69) is 10.0 Å². The Morgan fingerprint density at radius 3 is 2.56 bits per heavy atom. The van der Waals surface area contributed by atoms with Crippen LogP contribution in [0, 0.1) is 5.92 Å². The van der Waals surface area contributed by atoms with E-state index in [-0.39, 0.29) is 23.1 Å². The van der Waals surface area contributed by atoms with E-state index in [4.69, 9.17) is 9.47 Å². The smallest absolute Gasteiger partial charge is 0.416 e. The predicted octanol–water partition coefficient (Wildman–Crippen LogP) is 3.23. The van der Waals surface area contributed by atoms with Crippen LogP contribution < -0.4 is 14.8 Å². The summed E-state index contributed by atoms with van der Waals surface area (Å²) in [4.78, 5) is 0.143. The van der Waals surface area contributed by atoms with Crippen molar-refractivity contribution in [3.63, 3.8) is 0 Å². The molecule has 3 rings (SSSR count). The van der Waals surface area contributed by atoms with Crippen LogP contribution >= 0.6 is 0 Å². The Kier molecular flexibility index (Phi) is 8.16. The number of ether oxygens (including phenoxy) is 2. The fraction of sp³-hybridized carbons (Fsp3) is 0.455. The lowest BCUT2D eigenvalue weighted by Gasteiger charge is -2.25. The summed E-state index contributed by atoms with van der Waals surface area (Å²) in [5.41, 5.74) is 0.0743. The molecule has 0 spiro atoms.